The van der Waals surface area contributed by atoms with E-state index in [-0.39, 0.29) is 0 Å². The molecular formula is C10H10N6. The average Bonchev–Trinajstić information content (AvgIpc) is 2.97. The maximum atomic E-state index is 4.39. The summed E-state index contributed by atoms with van der Waals surface area (Å²) in [6.07, 6.45) is 5.32. The van der Waals surface area contributed by atoms with Gasteiger partial charge in [-0.1, -0.05) is 0 Å². The molecule has 0 saturated carbocycles. The summed E-state index contributed by atoms with van der Waals surface area (Å²) in [5, 5.41) is 14.0. The van der Waals surface area contributed by atoms with Crippen molar-refractivity contribution < 1.29 is 0 Å². The van der Waals surface area contributed by atoms with Crippen molar-refractivity contribution in [2.45, 2.75) is 6.54 Å². The number of hydrogen-bond donors (Lipinski definition) is 2. The molecule has 80 valence electrons. The predicted molar refractivity (Wildman–Crippen MR) is 58.9 cm³/mol. The van der Waals surface area contributed by atoms with Crippen LogP contribution in [0.2, 0.25) is 0 Å². The first-order chi connectivity index (χ1) is 7.92. The number of nitrogens with zero attached hydrogens (tertiary/aromatic N) is 4. The van der Waals surface area contributed by atoms with Gasteiger partial charge >= 0.3 is 0 Å². The largest absolute Gasteiger partial charge is 0.364 e. The van der Waals surface area contributed by atoms with Crippen LogP contribution in [0, 0.1) is 0 Å². The van der Waals surface area contributed by atoms with Crippen molar-refractivity contribution in [3.63, 3.8) is 0 Å². The zero-order valence-electron chi connectivity index (χ0n) is 8.46. The Hall–Kier alpha value is -2.37. The van der Waals surface area contributed by atoms with E-state index in [1.165, 1.54) is 0 Å². The van der Waals surface area contributed by atoms with Gasteiger partial charge in [-0.05, 0) is 12.1 Å². The molecule has 6 nitrogen and oxygen atoms in total. The molecule has 0 unspecified atom stereocenters. The van der Waals surface area contributed by atoms with E-state index < -0.39 is 0 Å². The topological polar surface area (TPSA) is 70.9 Å². The van der Waals surface area contributed by atoms with Crippen molar-refractivity contribution in [3.05, 3.63) is 42.5 Å². The van der Waals surface area contributed by atoms with E-state index in [4.69, 9.17) is 0 Å². The summed E-state index contributed by atoms with van der Waals surface area (Å²) in [7, 11) is 0. The van der Waals surface area contributed by atoms with Crippen LogP contribution in [0.4, 0.5) is 5.82 Å². The van der Waals surface area contributed by atoms with Gasteiger partial charge in [0.25, 0.3) is 0 Å². The van der Waals surface area contributed by atoms with Crippen LogP contribution in [0.3, 0.4) is 0 Å². The van der Waals surface area contributed by atoms with E-state index in [0.29, 0.717) is 6.54 Å². The van der Waals surface area contributed by atoms with Gasteiger partial charge in [0.05, 0.1) is 18.4 Å². The lowest BCUT2D eigenvalue weighted by molar-refractivity contribution is 0.930. The minimum absolute atomic E-state index is 0.678. The van der Waals surface area contributed by atoms with Gasteiger partial charge in [0.2, 0.25) is 0 Å². The van der Waals surface area contributed by atoms with E-state index in [9.17, 15) is 0 Å². The number of hydrogen-bond acceptors (Lipinski definition) is 4. The van der Waals surface area contributed by atoms with Gasteiger partial charge in [0.15, 0.2) is 5.65 Å². The smallest absolute Gasteiger partial charge is 0.157 e. The molecule has 3 aromatic rings. The second kappa shape index (κ2) is 3.65. The van der Waals surface area contributed by atoms with Crippen LogP contribution in [-0.2, 0) is 6.54 Å². The van der Waals surface area contributed by atoms with Gasteiger partial charge in [-0.2, -0.15) is 10.2 Å². The quantitative estimate of drug-likeness (QED) is 0.684. The maximum absolute atomic E-state index is 4.39. The second-order valence-corrected chi connectivity index (χ2v) is 3.38. The summed E-state index contributed by atoms with van der Waals surface area (Å²) in [6, 6.07) is 5.67. The van der Waals surface area contributed by atoms with E-state index >= 15 is 0 Å². The summed E-state index contributed by atoms with van der Waals surface area (Å²) in [5.74, 6) is 0.822. The molecule has 0 amide bonds. The van der Waals surface area contributed by atoms with Crippen LogP contribution in [-0.4, -0.2) is 24.8 Å². The third-order valence-electron chi connectivity index (χ3n) is 2.28. The molecule has 0 bridgehead atoms. The standard InChI is InChI=1S/C10H10N6/c1-4-12-15-8(1)7-11-9-3-6-16-10(14-9)2-5-13-16/h1-6H,7H2,(H,11,14)(H,12,15). The van der Waals surface area contributed by atoms with Crippen molar-refractivity contribution in [1.29, 1.82) is 0 Å². The highest BCUT2D eigenvalue weighted by atomic mass is 15.2. The van der Waals surface area contributed by atoms with Crippen molar-refractivity contribution >= 4 is 11.5 Å². The summed E-state index contributed by atoms with van der Waals surface area (Å²) in [4.78, 5) is 4.39. The van der Waals surface area contributed by atoms with Gasteiger partial charge < -0.3 is 5.32 Å². The van der Waals surface area contributed by atoms with Crippen LogP contribution in [0.1, 0.15) is 5.69 Å². The highest BCUT2D eigenvalue weighted by molar-refractivity contribution is 5.45. The molecule has 0 aliphatic heterocycles. The molecule has 0 aliphatic carbocycles. The Balaban J connectivity index is 1.78. The summed E-state index contributed by atoms with van der Waals surface area (Å²) in [5.41, 5.74) is 1.85. The maximum Gasteiger partial charge on any atom is 0.157 e. The Bertz CT molecular complexity index is 582. The molecule has 0 saturated heterocycles. The third-order valence-corrected chi connectivity index (χ3v) is 2.28. The SMILES string of the molecule is c1cc(CNc2ccn3nccc3n2)[nH]n1. The molecule has 6 heteroatoms. The number of aromatic nitrogens is 5. The molecule has 0 radical (unpaired) electrons. The van der Waals surface area contributed by atoms with Crippen molar-refractivity contribution in [3.8, 4) is 0 Å². The fraction of sp³-hybridized carbons (Fsp3) is 0.100. The molecule has 16 heavy (non-hydrogen) atoms. The van der Waals surface area contributed by atoms with Gasteiger partial charge in [0, 0.05) is 18.5 Å². The zero-order valence-corrected chi connectivity index (χ0v) is 8.46. The van der Waals surface area contributed by atoms with E-state index in [0.717, 1.165) is 17.2 Å². The Labute approximate surface area is 91.3 Å². The number of anilines is 1. The molecule has 0 fully saturated rings. The monoisotopic (exact) mass is 214 g/mol. The van der Waals surface area contributed by atoms with Crippen LogP contribution >= 0.6 is 0 Å². The molecule has 0 atom stereocenters. The fourth-order valence-corrected chi connectivity index (χ4v) is 1.48. The molecule has 3 heterocycles. The van der Waals surface area contributed by atoms with Crippen LogP contribution in [0.15, 0.2) is 36.8 Å². The van der Waals surface area contributed by atoms with Gasteiger partial charge in [-0.15, -0.1) is 0 Å². The van der Waals surface area contributed by atoms with Crippen LogP contribution in [0.25, 0.3) is 5.65 Å². The number of nitrogens with one attached hydrogen (secondary N) is 2. The van der Waals surface area contributed by atoms with Crippen molar-refractivity contribution in [2.24, 2.45) is 0 Å². The number of rotatable bonds is 3. The first kappa shape index (κ1) is 8.90. The minimum atomic E-state index is 0.678. The molecule has 3 aromatic heterocycles. The van der Waals surface area contributed by atoms with Crippen LogP contribution in [0.5, 0.6) is 0 Å². The molecule has 3 rings (SSSR count). The Morgan fingerprint density at radius 3 is 3.12 bits per heavy atom. The lowest BCUT2D eigenvalue weighted by Gasteiger charge is -2.03. The molecule has 0 spiro atoms. The van der Waals surface area contributed by atoms with E-state index in [1.54, 1.807) is 16.9 Å². The lowest BCUT2D eigenvalue weighted by Crippen LogP contribution is -2.02. The zero-order chi connectivity index (χ0) is 10.8. The minimum Gasteiger partial charge on any atom is -0.364 e. The number of aromatic amines is 1. The Morgan fingerprint density at radius 2 is 2.25 bits per heavy atom. The molecule has 2 N–H and O–H groups in total. The summed E-state index contributed by atoms with van der Waals surface area (Å²) < 4.78 is 1.72. The molecular weight excluding hydrogens is 204 g/mol. The van der Waals surface area contributed by atoms with Crippen molar-refractivity contribution in [1.82, 2.24) is 24.8 Å². The normalized spacial score (nSPS) is 10.8. The molecule has 0 aliphatic rings. The lowest BCUT2D eigenvalue weighted by atomic mass is 10.4. The third kappa shape index (κ3) is 1.60. The Morgan fingerprint density at radius 1 is 1.25 bits per heavy atom. The highest BCUT2D eigenvalue weighted by Crippen LogP contribution is 2.06. The van der Waals surface area contributed by atoms with Gasteiger partial charge in [-0.3, -0.25) is 5.10 Å². The van der Waals surface area contributed by atoms with Crippen LogP contribution < -0.4 is 5.32 Å². The average molecular weight is 214 g/mol. The molecule has 0 aromatic carbocycles. The first-order valence-corrected chi connectivity index (χ1v) is 4.94. The predicted octanol–water partition coefficient (Wildman–Crippen LogP) is 1.06. The van der Waals surface area contributed by atoms with Gasteiger partial charge in [-0.25, -0.2) is 9.50 Å². The van der Waals surface area contributed by atoms with Gasteiger partial charge in [0.1, 0.15) is 5.82 Å². The summed E-state index contributed by atoms with van der Waals surface area (Å²) >= 11 is 0. The van der Waals surface area contributed by atoms with Crippen molar-refractivity contribution in [2.75, 3.05) is 5.32 Å². The van der Waals surface area contributed by atoms with E-state index in [2.05, 4.69) is 25.6 Å². The van der Waals surface area contributed by atoms with E-state index in [1.807, 2.05) is 24.4 Å². The number of H-pyrrole nitrogens is 1. The summed E-state index contributed by atoms with van der Waals surface area (Å²) in [6.45, 7) is 0.678. The first-order valence-electron chi connectivity index (χ1n) is 4.94. The fourth-order valence-electron chi connectivity index (χ4n) is 1.48. The highest BCUT2D eigenvalue weighted by Gasteiger charge is 1.98. The number of fused-ring (bicyclic) bond motifs is 1. The second-order valence-electron chi connectivity index (χ2n) is 3.38. The Kier molecular flexibility index (Phi) is 2.03.